The topological polar surface area (TPSA) is 81.7 Å². The van der Waals surface area contributed by atoms with Gasteiger partial charge in [0, 0.05) is 0 Å². The predicted octanol–water partition coefficient (Wildman–Crippen LogP) is 1.32. The standard InChI is InChI=1S/C15H21NO5S/c1-10(11-4-5-13(20-2)14(8-11)21-3)16-15(17)12-6-7-22(18,19)9-12/h4-5,8,10,12H,6-7,9H2,1-3H3,(H,16,17)/t10-,12+/m1/s1. The second-order valence-corrected chi connectivity index (χ2v) is 7.67. The van der Waals surface area contributed by atoms with E-state index in [1.54, 1.807) is 26.4 Å². The van der Waals surface area contributed by atoms with Crippen LogP contribution >= 0.6 is 0 Å². The van der Waals surface area contributed by atoms with Crippen molar-refractivity contribution >= 4 is 15.7 Å². The Hall–Kier alpha value is -1.76. The highest BCUT2D eigenvalue weighted by atomic mass is 32.2. The molecule has 1 fully saturated rings. The van der Waals surface area contributed by atoms with Crippen molar-refractivity contribution in [2.45, 2.75) is 19.4 Å². The minimum Gasteiger partial charge on any atom is -0.493 e. The number of nitrogens with one attached hydrogen (secondary N) is 1. The van der Waals surface area contributed by atoms with Crippen LogP contribution in [0.4, 0.5) is 0 Å². The number of carbonyl (C=O) groups is 1. The maximum Gasteiger partial charge on any atom is 0.224 e. The molecule has 1 amide bonds. The zero-order valence-electron chi connectivity index (χ0n) is 13.0. The molecule has 0 radical (unpaired) electrons. The number of benzene rings is 1. The van der Waals surface area contributed by atoms with Crippen molar-refractivity contribution in [3.05, 3.63) is 23.8 Å². The van der Waals surface area contributed by atoms with E-state index in [4.69, 9.17) is 9.47 Å². The second kappa shape index (κ2) is 6.56. The molecule has 1 aromatic rings. The van der Waals surface area contributed by atoms with Crippen LogP contribution < -0.4 is 14.8 Å². The average molecular weight is 327 g/mol. The Bertz CT molecular complexity index is 656. The lowest BCUT2D eigenvalue weighted by Gasteiger charge is -2.18. The highest BCUT2D eigenvalue weighted by Crippen LogP contribution is 2.30. The van der Waals surface area contributed by atoms with Gasteiger partial charge in [0.25, 0.3) is 0 Å². The summed E-state index contributed by atoms with van der Waals surface area (Å²) in [6.45, 7) is 1.85. The van der Waals surface area contributed by atoms with Gasteiger partial charge in [-0.25, -0.2) is 8.42 Å². The molecule has 22 heavy (non-hydrogen) atoms. The molecule has 122 valence electrons. The number of amides is 1. The van der Waals surface area contributed by atoms with Gasteiger partial charge in [-0.05, 0) is 31.0 Å². The molecule has 0 aliphatic carbocycles. The summed E-state index contributed by atoms with van der Waals surface area (Å²) in [7, 11) is 0.0507. The molecular weight excluding hydrogens is 306 g/mol. The summed E-state index contributed by atoms with van der Waals surface area (Å²) in [5, 5.41) is 2.86. The maximum absolute atomic E-state index is 12.2. The molecule has 0 saturated carbocycles. The summed E-state index contributed by atoms with van der Waals surface area (Å²) in [5.41, 5.74) is 0.867. The van der Waals surface area contributed by atoms with Crippen molar-refractivity contribution in [2.75, 3.05) is 25.7 Å². The Morgan fingerprint density at radius 2 is 1.95 bits per heavy atom. The third-order valence-corrected chi connectivity index (χ3v) is 5.64. The molecule has 0 aromatic heterocycles. The van der Waals surface area contributed by atoms with Gasteiger partial charge >= 0.3 is 0 Å². The van der Waals surface area contributed by atoms with Gasteiger partial charge in [0.15, 0.2) is 21.3 Å². The highest BCUT2D eigenvalue weighted by Gasteiger charge is 2.33. The molecule has 2 atom stereocenters. The Morgan fingerprint density at radius 3 is 2.50 bits per heavy atom. The van der Waals surface area contributed by atoms with Crippen LogP contribution in [-0.2, 0) is 14.6 Å². The van der Waals surface area contributed by atoms with Crippen LogP contribution in [0.15, 0.2) is 18.2 Å². The first-order valence-electron chi connectivity index (χ1n) is 7.09. The summed E-state index contributed by atoms with van der Waals surface area (Å²) < 4.78 is 33.3. The smallest absolute Gasteiger partial charge is 0.224 e. The summed E-state index contributed by atoms with van der Waals surface area (Å²) in [6, 6.07) is 5.18. The van der Waals surface area contributed by atoms with E-state index in [-0.39, 0.29) is 23.5 Å². The van der Waals surface area contributed by atoms with Gasteiger partial charge < -0.3 is 14.8 Å². The molecule has 1 saturated heterocycles. The predicted molar refractivity (Wildman–Crippen MR) is 82.9 cm³/mol. The highest BCUT2D eigenvalue weighted by molar-refractivity contribution is 7.91. The van der Waals surface area contributed by atoms with E-state index in [2.05, 4.69) is 5.32 Å². The Balaban J connectivity index is 2.06. The fourth-order valence-corrected chi connectivity index (χ4v) is 4.28. The lowest BCUT2D eigenvalue weighted by atomic mass is 10.0. The first-order valence-corrected chi connectivity index (χ1v) is 8.91. The minimum atomic E-state index is -3.06. The normalized spacial score (nSPS) is 21.1. The van der Waals surface area contributed by atoms with E-state index in [0.29, 0.717) is 17.9 Å². The molecular formula is C15H21NO5S. The van der Waals surface area contributed by atoms with Gasteiger partial charge in [-0.1, -0.05) is 6.07 Å². The van der Waals surface area contributed by atoms with Gasteiger partial charge in [0.1, 0.15) is 0 Å². The fourth-order valence-electron chi connectivity index (χ4n) is 2.54. The molecule has 1 aromatic carbocycles. The van der Waals surface area contributed by atoms with Crippen molar-refractivity contribution in [2.24, 2.45) is 5.92 Å². The van der Waals surface area contributed by atoms with Crippen LogP contribution in [0.1, 0.15) is 24.9 Å². The SMILES string of the molecule is COc1ccc([C@@H](C)NC(=O)[C@H]2CCS(=O)(=O)C2)cc1OC. The Labute approximate surface area is 130 Å². The van der Waals surface area contributed by atoms with Gasteiger partial charge in [0.05, 0.1) is 37.7 Å². The summed E-state index contributed by atoms with van der Waals surface area (Å²) in [6.07, 6.45) is 0.396. The molecule has 0 unspecified atom stereocenters. The van der Waals surface area contributed by atoms with E-state index in [1.807, 2.05) is 13.0 Å². The number of methoxy groups -OCH3 is 2. The first kappa shape index (κ1) is 16.6. The largest absolute Gasteiger partial charge is 0.493 e. The quantitative estimate of drug-likeness (QED) is 0.882. The van der Waals surface area contributed by atoms with Crippen LogP contribution in [0.3, 0.4) is 0 Å². The van der Waals surface area contributed by atoms with E-state index < -0.39 is 15.8 Å². The van der Waals surface area contributed by atoms with Crippen LogP contribution in [0.2, 0.25) is 0 Å². The number of sulfone groups is 1. The lowest BCUT2D eigenvalue weighted by Crippen LogP contribution is -2.33. The van der Waals surface area contributed by atoms with E-state index in [0.717, 1.165) is 5.56 Å². The van der Waals surface area contributed by atoms with Crippen LogP contribution in [0.25, 0.3) is 0 Å². The number of carbonyl (C=O) groups excluding carboxylic acids is 1. The number of ether oxygens (including phenoxy) is 2. The van der Waals surface area contributed by atoms with Gasteiger partial charge in [0.2, 0.25) is 5.91 Å². The van der Waals surface area contributed by atoms with Crippen molar-refractivity contribution in [1.82, 2.24) is 5.32 Å². The molecule has 7 heteroatoms. The average Bonchev–Trinajstić information content (AvgIpc) is 2.86. The van der Waals surface area contributed by atoms with Gasteiger partial charge in [-0.2, -0.15) is 0 Å². The van der Waals surface area contributed by atoms with E-state index >= 15 is 0 Å². The zero-order valence-corrected chi connectivity index (χ0v) is 13.8. The molecule has 0 bridgehead atoms. The van der Waals surface area contributed by atoms with Crippen molar-refractivity contribution in [3.63, 3.8) is 0 Å². The first-order chi connectivity index (χ1) is 10.4. The maximum atomic E-state index is 12.2. The zero-order chi connectivity index (χ0) is 16.3. The Morgan fingerprint density at radius 1 is 1.27 bits per heavy atom. The van der Waals surface area contributed by atoms with Crippen molar-refractivity contribution < 1.29 is 22.7 Å². The summed E-state index contributed by atoms with van der Waals surface area (Å²) in [4.78, 5) is 12.2. The minimum absolute atomic E-state index is 0.0580. The lowest BCUT2D eigenvalue weighted by molar-refractivity contribution is -0.124. The molecule has 1 aliphatic heterocycles. The fraction of sp³-hybridized carbons (Fsp3) is 0.533. The third kappa shape index (κ3) is 3.71. The van der Waals surface area contributed by atoms with E-state index in [1.165, 1.54) is 0 Å². The van der Waals surface area contributed by atoms with Crippen molar-refractivity contribution in [1.29, 1.82) is 0 Å². The summed E-state index contributed by atoms with van der Waals surface area (Å²) in [5.74, 6) is 0.569. The number of hydrogen-bond donors (Lipinski definition) is 1. The third-order valence-electron chi connectivity index (χ3n) is 3.87. The molecule has 0 spiro atoms. The van der Waals surface area contributed by atoms with Crippen molar-refractivity contribution in [3.8, 4) is 11.5 Å². The monoisotopic (exact) mass is 327 g/mol. The van der Waals surface area contributed by atoms with Gasteiger partial charge in [-0.15, -0.1) is 0 Å². The van der Waals surface area contributed by atoms with Crippen LogP contribution in [-0.4, -0.2) is 40.1 Å². The molecule has 1 heterocycles. The molecule has 2 rings (SSSR count). The van der Waals surface area contributed by atoms with Crippen LogP contribution in [0, 0.1) is 5.92 Å². The molecule has 6 nitrogen and oxygen atoms in total. The van der Waals surface area contributed by atoms with Gasteiger partial charge in [-0.3, -0.25) is 4.79 Å². The van der Waals surface area contributed by atoms with E-state index in [9.17, 15) is 13.2 Å². The number of hydrogen-bond acceptors (Lipinski definition) is 5. The number of rotatable bonds is 5. The Kier molecular flexibility index (Phi) is 4.95. The second-order valence-electron chi connectivity index (χ2n) is 5.44. The molecule has 1 N–H and O–H groups in total. The summed E-state index contributed by atoms with van der Waals surface area (Å²) >= 11 is 0. The molecule has 1 aliphatic rings. The van der Waals surface area contributed by atoms with Crippen LogP contribution in [0.5, 0.6) is 11.5 Å².